The third kappa shape index (κ3) is 3.04. The average Bonchev–Trinajstić information content (AvgIpc) is 3.12. The van der Waals surface area contributed by atoms with E-state index in [4.69, 9.17) is 5.73 Å². The Morgan fingerprint density at radius 3 is 2.71 bits per heavy atom. The number of hydrogen-bond donors (Lipinski definition) is 1. The Balaban J connectivity index is 1.59. The van der Waals surface area contributed by atoms with E-state index in [1.54, 1.807) is 17.5 Å². The van der Waals surface area contributed by atoms with Gasteiger partial charge in [-0.3, -0.25) is 4.98 Å². The third-order valence-electron chi connectivity index (χ3n) is 3.94. The summed E-state index contributed by atoms with van der Waals surface area (Å²) in [6.07, 6.45) is 4.42. The molecule has 1 unspecified atom stereocenters. The molecule has 2 aromatic carbocycles. The predicted molar refractivity (Wildman–Crippen MR) is 97.7 cm³/mol. The summed E-state index contributed by atoms with van der Waals surface area (Å²) in [6.45, 7) is 0. The minimum absolute atomic E-state index is 0.136. The topological polar surface area (TPSA) is 64.7 Å². The van der Waals surface area contributed by atoms with Crippen LogP contribution in [0.2, 0.25) is 0 Å². The minimum atomic E-state index is -0.136. The number of hydrogen-bond acceptors (Lipinski definition) is 5. The van der Waals surface area contributed by atoms with Gasteiger partial charge in [0, 0.05) is 23.3 Å². The Kier molecular flexibility index (Phi) is 4.02. The summed E-state index contributed by atoms with van der Waals surface area (Å²) in [7, 11) is 0. The number of benzene rings is 2. The molecule has 1 atom stereocenters. The van der Waals surface area contributed by atoms with Gasteiger partial charge in [0.2, 0.25) is 0 Å². The van der Waals surface area contributed by atoms with Crippen LogP contribution in [0.3, 0.4) is 0 Å². The molecule has 0 bridgehead atoms. The van der Waals surface area contributed by atoms with Gasteiger partial charge in [-0.2, -0.15) is 0 Å². The molecule has 24 heavy (non-hydrogen) atoms. The zero-order valence-corrected chi connectivity index (χ0v) is 13.8. The van der Waals surface area contributed by atoms with Crippen molar-refractivity contribution in [2.75, 3.05) is 0 Å². The number of rotatable bonds is 4. The third-order valence-corrected chi connectivity index (χ3v) is 5.05. The normalized spacial score (nSPS) is 12.4. The van der Waals surface area contributed by atoms with Crippen LogP contribution in [0.4, 0.5) is 0 Å². The highest BCUT2D eigenvalue weighted by molar-refractivity contribution is 7.14. The highest BCUT2D eigenvalue weighted by Gasteiger charge is 2.14. The smallest absolute Gasteiger partial charge is 0.147 e. The van der Waals surface area contributed by atoms with Crippen LogP contribution < -0.4 is 5.73 Å². The molecule has 5 heteroatoms. The van der Waals surface area contributed by atoms with Gasteiger partial charge in [-0.15, -0.1) is 10.2 Å². The Bertz CT molecular complexity index is 965. The zero-order valence-electron chi connectivity index (χ0n) is 13.0. The first kappa shape index (κ1) is 14.9. The zero-order chi connectivity index (χ0) is 16.4. The lowest BCUT2D eigenvalue weighted by Crippen LogP contribution is -2.12. The van der Waals surface area contributed by atoms with E-state index in [1.807, 2.05) is 30.5 Å². The molecule has 0 spiro atoms. The molecule has 4 aromatic rings. The second kappa shape index (κ2) is 6.47. The highest BCUT2D eigenvalue weighted by atomic mass is 32.1. The van der Waals surface area contributed by atoms with Crippen LogP contribution in [0.15, 0.2) is 67.0 Å². The summed E-state index contributed by atoms with van der Waals surface area (Å²) < 4.78 is 0. The number of pyridine rings is 1. The Morgan fingerprint density at radius 2 is 1.83 bits per heavy atom. The molecule has 0 amide bonds. The fraction of sp³-hybridized carbons (Fsp3) is 0.105. The van der Waals surface area contributed by atoms with Crippen molar-refractivity contribution in [2.24, 2.45) is 5.73 Å². The van der Waals surface area contributed by atoms with Crippen molar-refractivity contribution < 1.29 is 0 Å². The quantitative estimate of drug-likeness (QED) is 0.613. The van der Waals surface area contributed by atoms with Crippen LogP contribution in [0, 0.1) is 0 Å². The first-order valence-electron chi connectivity index (χ1n) is 7.77. The van der Waals surface area contributed by atoms with E-state index in [-0.39, 0.29) is 6.04 Å². The van der Waals surface area contributed by atoms with Crippen molar-refractivity contribution in [3.05, 3.63) is 77.6 Å². The largest absolute Gasteiger partial charge is 0.322 e. The van der Waals surface area contributed by atoms with Crippen molar-refractivity contribution in [3.63, 3.8) is 0 Å². The van der Waals surface area contributed by atoms with Gasteiger partial charge in [-0.05, 0) is 29.5 Å². The van der Waals surface area contributed by atoms with Crippen molar-refractivity contribution in [1.82, 2.24) is 15.2 Å². The van der Waals surface area contributed by atoms with Gasteiger partial charge in [-0.1, -0.05) is 53.8 Å². The molecule has 0 aliphatic rings. The molecule has 2 aromatic heterocycles. The molecule has 0 saturated carbocycles. The summed E-state index contributed by atoms with van der Waals surface area (Å²) in [6, 6.07) is 18.3. The second-order valence-corrected chi connectivity index (χ2v) is 6.69. The highest BCUT2D eigenvalue weighted by Crippen LogP contribution is 2.29. The van der Waals surface area contributed by atoms with E-state index in [2.05, 4.69) is 45.5 Å². The maximum Gasteiger partial charge on any atom is 0.147 e. The number of fused-ring (bicyclic) bond motifs is 1. The summed E-state index contributed by atoms with van der Waals surface area (Å²) in [5.74, 6) is 0. The van der Waals surface area contributed by atoms with E-state index in [9.17, 15) is 0 Å². The number of nitrogens with two attached hydrogens (primary N) is 1. The van der Waals surface area contributed by atoms with Crippen LogP contribution in [-0.2, 0) is 6.42 Å². The molecule has 4 nitrogen and oxygen atoms in total. The first-order chi connectivity index (χ1) is 11.8. The maximum absolute atomic E-state index is 6.31. The lowest BCUT2D eigenvalue weighted by Gasteiger charge is -2.07. The minimum Gasteiger partial charge on any atom is -0.322 e. The molecular formula is C19H16N4S. The molecule has 2 heterocycles. The fourth-order valence-electron chi connectivity index (χ4n) is 2.67. The summed E-state index contributed by atoms with van der Waals surface area (Å²) in [4.78, 5) is 4.14. The van der Waals surface area contributed by atoms with Gasteiger partial charge in [0.15, 0.2) is 0 Å². The van der Waals surface area contributed by atoms with Crippen molar-refractivity contribution in [3.8, 4) is 10.6 Å². The monoisotopic (exact) mass is 332 g/mol. The van der Waals surface area contributed by atoms with Gasteiger partial charge < -0.3 is 5.73 Å². The van der Waals surface area contributed by atoms with Crippen LogP contribution in [0.5, 0.6) is 0 Å². The lowest BCUT2D eigenvalue weighted by atomic mass is 10.1. The molecular weight excluding hydrogens is 316 g/mol. The molecule has 118 valence electrons. The maximum atomic E-state index is 6.31. The van der Waals surface area contributed by atoms with Crippen LogP contribution in [0.25, 0.3) is 21.3 Å². The first-order valence-corrected chi connectivity index (χ1v) is 8.58. The van der Waals surface area contributed by atoms with Crippen molar-refractivity contribution in [1.29, 1.82) is 0 Å². The summed E-state index contributed by atoms with van der Waals surface area (Å²) >= 11 is 1.56. The van der Waals surface area contributed by atoms with Crippen LogP contribution >= 0.6 is 11.3 Å². The van der Waals surface area contributed by atoms with Gasteiger partial charge in [0.05, 0.1) is 6.04 Å². The average molecular weight is 332 g/mol. The van der Waals surface area contributed by atoms with E-state index in [0.717, 1.165) is 32.8 Å². The lowest BCUT2D eigenvalue weighted by molar-refractivity contribution is 0.704. The SMILES string of the molecule is NC(Cc1ccccc1)c1nnc(-c2ccc3cnccc3c2)s1. The fourth-order valence-corrected chi connectivity index (χ4v) is 3.51. The summed E-state index contributed by atoms with van der Waals surface area (Å²) in [5.41, 5.74) is 8.58. The standard InChI is InChI=1S/C19H16N4S/c20-17(10-13-4-2-1-3-5-13)19-23-22-18(24-19)15-6-7-16-12-21-9-8-14(16)11-15/h1-9,11-12,17H,10,20H2. The molecule has 0 aliphatic heterocycles. The molecule has 0 aliphatic carbocycles. The Labute approximate surface area is 144 Å². The van der Waals surface area contributed by atoms with E-state index in [0.29, 0.717) is 0 Å². The predicted octanol–water partition coefficient (Wildman–Crippen LogP) is 4.00. The second-order valence-electron chi connectivity index (χ2n) is 5.68. The van der Waals surface area contributed by atoms with Gasteiger partial charge in [-0.25, -0.2) is 0 Å². The van der Waals surface area contributed by atoms with Crippen LogP contribution in [-0.4, -0.2) is 15.2 Å². The Hall–Kier alpha value is -2.63. The molecule has 2 N–H and O–H groups in total. The number of nitrogens with zero attached hydrogens (tertiary/aromatic N) is 3. The van der Waals surface area contributed by atoms with Crippen molar-refractivity contribution in [2.45, 2.75) is 12.5 Å². The van der Waals surface area contributed by atoms with E-state index >= 15 is 0 Å². The van der Waals surface area contributed by atoms with Crippen LogP contribution in [0.1, 0.15) is 16.6 Å². The Morgan fingerprint density at radius 1 is 0.958 bits per heavy atom. The van der Waals surface area contributed by atoms with E-state index < -0.39 is 0 Å². The van der Waals surface area contributed by atoms with Gasteiger partial charge in [0.1, 0.15) is 10.0 Å². The van der Waals surface area contributed by atoms with Gasteiger partial charge >= 0.3 is 0 Å². The van der Waals surface area contributed by atoms with Gasteiger partial charge in [0.25, 0.3) is 0 Å². The summed E-state index contributed by atoms with van der Waals surface area (Å²) in [5, 5.41) is 12.7. The molecule has 4 rings (SSSR count). The van der Waals surface area contributed by atoms with Crippen molar-refractivity contribution >= 4 is 22.1 Å². The number of aromatic nitrogens is 3. The van der Waals surface area contributed by atoms with E-state index in [1.165, 1.54) is 5.56 Å². The molecule has 0 fully saturated rings. The molecule has 0 radical (unpaired) electrons. The molecule has 0 saturated heterocycles.